The minimum absolute atomic E-state index is 0.203. The van der Waals surface area contributed by atoms with Gasteiger partial charge in [0.15, 0.2) is 5.37 Å². The van der Waals surface area contributed by atoms with E-state index >= 15 is 0 Å². The number of nitrogens with zero attached hydrogens (tertiary/aromatic N) is 1. The van der Waals surface area contributed by atoms with E-state index in [9.17, 15) is 14.4 Å². The Labute approximate surface area is 198 Å². The predicted octanol–water partition coefficient (Wildman–Crippen LogP) is 5.88. The van der Waals surface area contributed by atoms with Gasteiger partial charge in [-0.15, -0.1) is 11.3 Å². The van der Waals surface area contributed by atoms with Crippen molar-refractivity contribution in [2.75, 3.05) is 11.9 Å². The molecule has 2 heterocycles. The molecule has 1 aromatic heterocycles. The molecule has 1 saturated heterocycles. The quantitative estimate of drug-likeness (QED) is 0.420. The molecule has 0 saturated carbocycles. The van der Waals surface area contributed by atoms with E-state index in [1.165, 1.54) is 16.2 Å². The first-order valence-corrected chi connectivity index (χ1v) is 12.0. The van der Waals surface area contributed by atoms with Gasteiger partial charge in [0.05, 0.1) is 13.2 Å². The molecule has 1 N–H and O–H groups in total. The number of carbonyl (C=O) groups is 3. The Hall–Kier alpha value is -2.81. The van der Waals surface area contributed by atoms with Crippen molar-refractivity contribution < 1.29 is 19.1 Å². The lowest BCUT2D eigenvalue weighted by Gasteiger charge is -2.15. The van der Waals surface area contributed by atoms with Crippen LogP contribution in [0.4, 0.5) is 9.80 Å². The second-order valence-electron chi connectivity index (χ2n) is 6.90. The maximum atomic E-state index is 12.9. The van der Waals surface area contributed by atoms with Crippen LogP contribution in [0.15, 0.2) is 60.0 Å². The normalized spacial score (nSPS) is 15.8. The summed E-state index contributed by atoms with van der Waals surface area (Å²) in [6.45, 7) is 2.15. The van der Waals surface area contributed by atoms with Crippen LogP contribution in [0.2, 0.25) is 5.02 Å². The fourth-order valence-electron chi connectivity index (χ4n) is 3.28. The van der Waals surface area contributed by atoms with E-state index in [-0.39, 0.29) is 24.3 Å². The van der Waals surface area contributed by atoms with Gasteiger partial charge in [0.1, 0.15) is 10.6 Å². The summed E-state index contributed by atoms with van der Waals surface area (Å²) in [5.74, 6) is -0.843. The largest absolute Gasteiger partial charge is 0.462 e. The van der Waals surface area contributed by atoms with Crippen molar-refractivity contribution in [1.29, 1.82) is 0 Å². The van der Waals surface area contributed by atoms with Crippen LogP contribution in [0.5, 0.6) is 0 Å². The lowest BCUT2D eigenvalue weighted by molar-refractivity contribution is -0.126. The molecular weight excluding hydrogens is 468 g/mol. The standard InChI is InChI=1S/C23H19ClN2O4S2/c1-2-30-22(28)18-17(15-8-10-16(24)11-9-15)13-31-19(18)25-20-21(27)26(23(29)32-20)12-14-6-4-3-5-7-14/h3-11,13,20,25H,2,12H2,1H3. The van der Waals surface area contributed by atoms with Crippen LogP contribution in [0.25, 0.3) is 11.1 Å². The number of ether oxygens (including phenoxy) is 1. The Morgan fingerprint density at radius 2 is 1.84 bits per heavy atom. The third-order valence-electron chi connectivity index (χ3n) is 4.80. The highest BCUT2D eigenvalue weighted by molar-refractivity contribution is 8.15. The molecule has 1 fully saturated rings. The van der Waals surface area contributed by atoms with Crippen LogP contribution in [-0.4, -0.2) is 34.0 Å². The van der Waals surface area contributed by atoms with Gasteiger partial charge in [-0.2, -0.15) is 0 Å². The van der Waals surface area contributed by atoms with Crippen molar-refractivity contribution >= 4 is 56.8 Å². The number of hydrogen-bond acceptors (Lipinski definition) is 7. The van der Waals surface area contributed by atoms with Crippen molar-refractivity contribution in [1.82, 2.24) is 4.90 Å². The Bertz CT molecular complexity index is 1150. The number of halogens is 1. The first kappa shape index (κ1) is 22.4. The molecule has 6 nitrogen and oxygen atoms in total. The smallest absolute Gasteiger partial charge is 0.341 e. The minimum atomic E-state index is -0.823. The Morgan fingerprint density at radius 3 is 2.53 bits per heavy atom. The third kappa shape index (κ3) is 4.67. The van der Waals surface area contributed by atoms with Crippen molar-refractivity contribution in [2.45, 2.75) is 18.8 Å². The molecule has 1 unspecified atom stereocenters. The van der Waals surface area contributed by atoms with E-state index in [2.05, 4.69) is 5.32 Å². The van der Waals surface area contributed by atoms with Crippen LogP contribution in [0, 0.1) is 0 Å². The fourth-order valence-corrected chi connectivity index (χ4v) is 5.35. The fraction of sp³-hybridized carbons (Fsp3) is 0.174. The number of imide groups is 1. The van der Waals surface area contributed by atoms with Gasteiger partial charge in [0.25, 0.3) is 11.1 Å². The number of thiophene rings is 1. The van der Waals surface area contributed by atoms with Crippen LogP contribution in [0.3, 0.4) is 0 Å². The highest BCUT2D eigenvalue weighted by Gasteiger charge is 2.40. The zero-order valence-electron chi connectivity index (χ0n) is 17.0. The van der Waals surface area contributed by atoms with Gasteiger partial charge in [0.2, 0.25) is 0 Å². The number of hydrogen-bond donors (Lipinski definition) is 1. The molecule has 164 valence electrons. The Morgan fingerprint density at radius 1 is 1.12 bits per heavy atom. The maximum absolute atomic E-state index is 12.9. The maximum Gasteiger partial charge on any atom is 0.341 e. The molecule has 0 bridgehead atoms. The number of esters is 1. The van der Waals surface area contributed by atoms with E-state index in [4.69, 9.17) is 16.3 Å². The summed E-state index contributed by atoms with van der Waals surface area (Å²) in [6, 6.07) is 16.4. The van der Waals surface area contributed by atoms with Crippen LogP contribution >= 0.6 is 34.7 Å². The second kappa shape index (κ2) is 9.77. The van der Waals surface area contributed by atoms with Gasteiger partial charge >= 0.3 is 5.97 Å². The van der Waals surface area contributed by atoms with Gasteiger partial charge in [0, 0.05) is 16.0 Å². The van der Waals surface area contributed by atoms with E-state index < -0.39 is 11.3 Å². The minimum Gasteiger partial charge on any atom is -0.462 e. The summed E-state index contributed by atoms with van der Waals surface area (Å²) in [5, 5.41) is 4.83. The SMILES string of the molecule is CCOC(=O)c1c(-c2ccc(Cl)cc2)csc1NC1SC(=O)N(Cc2ccccc2)C1=O. The summed E-state index contributed by atoms with van der Waals surface area (Å²) in [7, 11) is 0. The van der Waals surface area contributed by atoms with Gasteiger partial charge in [-0.1, -0.05) is 54.1 Å². The average Bonchev–Trinajstić information content (AvgIpc) is 3.32. The van der Waals surface area contributed by atoms with Crippen LogP contribution in [0.1, 0.15) is 22.8 Å². The van der Waals surface area contributed by atoms with Crippen LogP contribution in [-0.2, 0) is 16.1 Å². The number of benzene rings is 2. The first-order valence-electron chi connectivity index (χ1n) is 9.85. The van der Waals surface area contributed by atoms with Crippen LogP contribution < -0.4 is 5.32 Å². The Kier molecular flexibility index (Phi) is 6.83. The summed E-state index contributed by atoms with van der Waals surface area (Å²) in [4.78, 5) is 39.4. The lowest BCUT2D eigenvalue weighted by atomic mass is 10.0. The van der Waals surface area contributed by atoms with E-state index in [1.54, 1.807) is 19.1 Å². The number of amides is 2. The summed E-state index contributed by atoms with van der Waals surface area (Å²) < 4.78 is 5.26. The molecule has 2 amide bonds. The number of nitrogens with one attached hydrogen (secondary N) is 1. The van der Waals surface area contributed by atoms with Gasteiger partial charge in [-0.25, -0.2) is 4.79 Å². The van der Waals surface area contributed by atoms with Gasteiger partial charge < -0.3 is 10.1 Å². The topological polar surface area (TPSA) is 75.7 Å². The molecule has 1 aliphatic rings. The molecule has 1 aliphatic heterocycles. The molecule has 9 heteroatoms. The number of carbonyl (C=O) groups excluding carboxylic acids is 3. The third-order valence-corrected chi connectivity index (χ3v) is 6.94. The summed E-state index contributed by atoms with van der Waals surface area (Å²) >= 11 is 8.18. The molecule has 0 aliphatic carbocycles. The number of thioether (sulfide) groups is 1. The van der Waals surface area contributed by atoms with E-state index in [1.807, 2.05) is 47.8 Å². The van der Waals surface area contributed by atoms with Crippen molar-refractivity contribution in [3.63, 3.8) is 0 Å². The first-order chi connectivity index (χ1) is 15.5. The zero-order chi connectivity index (χ0) is 22.7. The molecule has 32 heavy (non-hydrogen) atoms. The number of anilines is 1. The molecule has 0 radical (unpaired) electrons. The molecule has 4 rings (SSSR count). The van der Waals surface area contributed by atoms with Gasteiger partial charge in [-0.3, -0.25) is 14.5 Å². The van der Waals surface area contributed by atoms with Crippen molar-refractivity contribution in [2.24, 2.45) is 0 Å². The molecular formula is C23H19ClN2O4S2. The van der Waals surface area contributed by atoms with E-state index in [0.717, 1.165) is 22.9 Å². The second-order valence-corrected chi connectivity index (χ2v) is 9.27. The predicted molar refractivity (Wildman–Crippen MR) is 128 cm³/mol. The number of rotatable bonds is 7. The molecule has 2 aromatic carbocycles. The summed E-state index contributed by atoms with van der Waals surface area (Å²) in [6.07, 6.45) is 0. The zero-order valence-corrected chi connectivity index (χ0v) is 19.4. The monoisotopic (exact) mass is 486 g/mol. The van der Waals surface area contributed by atoms with Gasteiger partial charge in [-0.05, 0) is 41.9 Å². The van der Waals surface area contributed by atoms with Crippen molar-refractivity contribution in [3.8, 4) is 11.1 Å². The highest BCUT2D eigenvalue weighted by atomic mass is 35.5. The average molecular weight is 487 g/mol. The summed E-state index contributed by atoms with van der Waals surface area (Å²) in [5.41, 5.74) is 2.68. The molecule has 0 spiro atoms. The molecule has 1 atom stereocenters. The highest BCUT2D eigenvalue weighted by Crippen LogP contribution is 2.39. The van der Waals surface area contributed by atoms with E-state index in [0.29, 0.717) is 21.2 Å². The van der Waals surface area contributed by atoms with Crippen molar-refractivity contribution in [3.05, 3.63) is 76.1 Å². The lowest BCUT2D eigenvalue weighted by Crippen LogP contribution is -2.34. The molecule has 3 aromatic rings. The Balaban J connectivity index is 1.60.